The van der Waals surface area contributed by atoms with Crippen molar-refractivity contribution in [1.82, 2.24) is 20.1 Å². The van der Waals surface area contributed by atoms with E-state index in [2.05, 4.69) is 27.3 Å². The predicted molar refractivity (Wildman–Crippen MR) is 225 cm³/mol. The molecule has 2 amide bonds. The Morgan fingerprint density at radius 2 is 1.76 bits per heavy atom. The van der Waals surface area contributed by atoms with Crippen molar-refractivity contribution >= 4 is 40.6 Å². The smallest absolute Gasteiger partial charge is 0.417 e. The molecule has 0 radical (unpaired) electrons. The third-order valence-electron chi connectivity index (χ3n) is 12.6. The number of phenolic OH excluding ortho intramolecular Hbond substituents is 1. The Morgan fingerprint density at radius 1 is 1.03 bits per heavy atom. The fourth-order valence-electron chi connectivity index (χ4n) is 10.0. The number of aromatic nitrogens is 1. The van der Waals surface area contributed by atoms with E-state index in [-0.39, 0.29) is 30.8 Å². The average Bonchev–Trinajstić information content (AvgIpc) is 3.79. The zero-order valence-electron chi connectivity index (χ0n) is 34.7. The largest absolute Gasteiger partial charge is 0.504 e. The number of rotatable bonds is 7. The number of carbonyl (C=O) groups is 2. The number of nitrogens with one attached hydrogen (secondary N) is 2. The molecule has 4 N–H and O–H groups in total. The molecule has 1 spiro atoms. The number of H-pyrrole nitrogens is 1. The number of guanidine groups is 1. The minimum Gasteiger partial charge on any atom is -0.504 e. The predicted octanol–water partition coefficient (Wildman–Crippen LogP) is 8.09. The van der Waals surface area contributed by atoms with E-state index in [1.165, 1.54) is 17.7 Å². The van der Waals surface area contributed by atoms with E-state index in [0.29, 0.717) is 36.0 Å². The summed E-state index contributed by atoms with van der Waals surface area (Å²) < 4.78 is 18.2. The number of hydrogen-bond donors (Lipinski definition) is 4. The van der Waals surface area contributed by atoms with E-state index < -0.39 is 40.5 Å². The molecule has 5 aliphatic rings. The van der Waals surface area contributed by atoms with Crippen LogP contribution in [0.2, 0.25) is 5.02 Å². The van der Waals surface area contributed by atoms with Gasteiger partial charge in [0.25, 0.3) is 0 Å². The van der Waals surface area contributed by atoms with Crippen LogP contribution in [0.5, 0.6) is 11.5 Å². The van der Waals surface area contributed by atoms with Crippen molar-refractivity contribution < 1.29 is 34.0 Å². The number of alkyl carbamates (subject to hydrolysis) is 1. The molecular weight excluding hydrogens is 770 g/mol. The highest BCUT2D eigenvalue weighted by Gasteiger charge is 2.73. The van der Waals surface area contributed by atoms with E-state index in [1.807, 2.05) is 12.1 Å². The lowest BCUT2D eigenvalue weighted by atomic mass is 9.49. The Kier molecular flexibility index (Phi) is 9.52. The number of nitrogens with zero attached hydrogens (tertiary/aromatic N) is 3. The second-order valence-electron chi connectivity index (χ2n) is 19.1. The Labute approximate surface area is 349 Å². The number of aliphatic hydroxyl groups is 1. The van der Waals surface area contributed by atoms with Crippen LogP contribution in [0.25, 0.3) is 10.9 Å². The van der Waals surface area contributed by atoms with Crippen molar-refractivity contribution in [3.05, 3.63) is 93.1 Å². The molecule has 2 bridgehead atoms. The lowest BCUT2D eigenvalue weighted by molar-refractivity contribution is -0.173. The minimum atomic E-state index is -1.10. The molecule has 9 rings (SSSR count). The number of halogens is 1. The number of ether oxygens (including phenoxy) is 3. The summed E-state index contributed by atoms with van der Waals surface area (Å²) in [6, 6.07) is 17.0. The molecule has 3 aliphatic carbocycles. The molecule has 4 atom stereocenters. The summed E-state index contributed by atoms with van der Waals surface area (Å²) in [7, 11) is 0. The second kappa shape index (κ2) is 14.2. The molecule has 59 heavy (non-hydrogen) atoms. The first-order chi connectivity index (χ1) is 27.9. The first kappa shape index (κ1) is 39.7. The summed E-state index contributed by atoms with van der Waals surface area (Å²) in [5.74, 6) is 1.31. The van der Waals surface area contributed by atoms with Gasteiger partial charge in [-0.3, -0.25) is 15.2 Å². The Bertz CT molecular complexity index is 2360. The van der Waals surface area contributed by atoms with Crippen molar-refractivity contribution in [2.75, 3.05) is 19.6 Å². The quantitative estimate of drug-likeness (QED) is 0.108. The van der Waals surface area contributed by atoms with Gasteiger partial charge in [0.15, 0.2) is 17.6 Å². The van der Waals surface area contributed by atoms with Gasteiger partial charge in [0.1, 0.15) is 11.2 Å². The van der Waals surface area contributed by atoms with Crippen LogP contribution in [0.4, 0.5) is 9.59 Å². The van der Waals surface area contributed by atoms with Crippen LogP contribution in [0.1, 0.15) is 100 Å². The number of aromatic hydroxyl groups is 1. The lowest BCUT2D eigenvalue weighted by Gasteiger charge is -2.62. The Morgan fingerprint density at radius 3 is 2.47 bits per heavy atom. The fraction of sp³-hybridized carbons (Fsp3) is 0.500. The average molecular weight is 824 g/mol. The zero-order chi connectivity index (χ0) is 41.6. The Balaban J connectivity index is 1.05. The van der Waals surface area contributed by atoms with Crippen molar-refractivity contribution in [3.8, 4) is 11.5 Å². The lowest BCUT2D eigenvalue weighted by Crippen LogP contribution is -2.74. The molecule has 3 heterocycles. The second-order valence-corrected chi connectivity index (χ2v) is 19.5. The van der Waals surface area contributed by atoms with Gasteiger partial charge < -0.3 is 29.4 Å². The van der Waals surface area contributed by atoms with Crippen LogP contribution >= 0.6 is 11.6 Å². The monoisotopic (exact) mass is 823 g/mol. The van der Waals surface area contributed by atoms with Crippen LogP contribution < -0.4 is 10.1 Å². The van der Waals surface area contributed by atoms with Gasteiger partial charge in [-0.05, 0) is 139 Å². The van der Waals surface area contributed by atoms with Crippen molar-refractivity contribution in [1.29, 1.82) is 0 Å². The van der Waals surface area contributed by atoms with Crippen molar-refractivity contribution in [3.63, 3.8) is 0 Å². The highest BCUT2D eigenvalue weighted by Crippen LogP contribution is 2.69. The van der Waals surface area contributed by atoms with Gasteiger partial charge in [0, 0.05) is 47.0 Å². The summed E-state index contributed by atoms with van der Waals surface area (Å²) in [6.07, 6.45) is 2.98. The van der Waals surface area contributed by atoms with Crippen molar-refractivity contribution in [2.24, 2.45) is 10.9 Å². The summed E-state index contributed by atoms with van der Waals surface area (Å²) in [4.78, 5) is 39.3. The van der Waals surface area contributed by atoms with Gasteiger partial charge in [-0.15, -0.1) is 0 Å². The van der Waals surface area contributed by atoms with Crippen molar-refractivity contribution in [2.45, 2.75) is 121 Å². The topological polar surface area (TPSA) is 149 Å². The van der Waals surface area contributed by atoms with E-state index in [4.69, 9.17) is 30.8 Å². The Hall–Kier alpha value is -4.78. The molecular formula is C46H54ClN5O7. The SMILES string of the molecule is CC(C)(C)OC(=O)NC(=NCCc1ccc2[nH]c3c(c2c1)C[C@@]1(O)[C@H]2Cc4ccc(O)c5c4[C@@]1(CCN2CC1CC1)[C@H]3O5)N(Cc1ccc(Cl)cc1)C(=O)OC(C)(C)C. The van der Waals surface area contributed by atoms with E-state index >= 15 is 0 Å². The van der Waals surface area contributed by atoms with Crippen LogP contribution in [-0.2, 0) is 40.7 Å². The number of carbonyl (C=O) groups excluding carboxylic acids is 2. The molecule has 12 nitrogen and oxygen atoms in total. The van der Waals surface area contributed by atoms with Crippen LogP contribution in [0.15, 0.2) is 59.6 Å². The van der Waals surface area contributed by atoms with Gasteiger partial charge >= 0.3 is 12.2 Å². The zero-order valence-corrected chi connectivity index (χ0v) is 35.4. The third-order valence-corrected chi connectivity index (χ3v) is 12.9. The number of phenols is 1. The number of aromatic amines is 1. The fourth-order valence-corrected chi connectivity index (χ4v) is 10.1. The van der Waals surface area contributed by atoms with Gasteiger partial charge in [0.2, 0.25) is 5.96 Å². The number of amides is 2. The summed E-state index contributed by atoms with van der Waals surface area (Å²) in [5, 5.41) is 28.7. The maximum atomic E-state index is 13.8. The van der Waals surface area contributed by atoms with E-state index in [9.17, 15) is 19.8 Å². The third kappa shape index (κ3) is 7.10. The van der Waals surface area contributed by atoms with Gasteiger partial charge in [-0.25, -0.2) is 14.5 Å². The summed E-state index contributed by atoms with van der Waals surface area (Å²) in [6.45, 7) is 12.8. The minimum absolute atomic E-state index is 0.00349. The number of piperidine rings is 1. The van der Waals surface area contributed by atoms with Gasteiger partial charge in [0.05, 0.1) is 23.3 Å². The molecule has 2 fully saturated rings. The normalized spacial score (nSPS) is 24.6. The standard InChI is InChI=1S/C46H54ClN5O7/c1-43(2,3)58-41(54)50-40(52(42(55)59-44(4,5)6)25-28-9-13-30(47)14-10-28)48-19-17-26-11-15-33-31(21-26)32-23-46(56)35-22-29-12-16-34(53)38-36(29)45(46,39(57-38)37(32)49-33)18-20-51(35)24-27-7-8-27/h9-16,21,27,35,39,49,53,56H,7-8,17-20,22-25H2,1-6H3,(H,48,50,54)/t35-,39+,45+,46-/m1/s1. The molecule has 1 aromatic heterocycles. The number of hydrogen-bond acceptors (Lipinski definition) is 9. The molecule has 1 saturated heterocycles. The molecule has 0 unspecified atom stereocenters. The highest BCUT2D eigenvalue weighted by molar-refractivity contribution is 6.30. The summed E-state index contributed by atoms with van der Waals surface area (Å²) in [5.41, 5.74) is 3.45. The molecule has 3 aromatic carbocycles. The molecule has 312 valence electrons. The highest BCUT2D eigenvalue weighted by atomic mass is 35.5. The van der Waals surface area contributed by atoms with Crippen LogP contribution in [-0.4, -0.2) is 85.6 Å². The molecule has 13 heteroatoms. The number of likely N-dealkylation sites (tertiary alicyclic amines) is 1. The van der Waals surface area contributed by atoms with Gasteiger partial charge in [-0.2, -0.15) is 0 Å². The maximum Gasteiger partial charge on any atom is 0.417 e. The van der Waals surface area contributed by atoms with Gasteiger partial charge in [-0.1, -0.05) is 35.9 Å². The number of aliphatic imine (C=N–C) groups is 1. The molecule has 2 aliphatic heterocycles. The van der Waals surface area contributed by atoms with E-state index in [1.54, 1.807) is 71.9 Å². The van der Waals surface area contributed by atoms with Crippen LogP contribution in [0.3, 0.4) is 0 Å². The summed E-state index contributed by atoms with van der Waals surface area (Å²) >= 11 is 6.17. The molecule has 1 saturated carbocycles. The van der Waals surface area contributed by atoms with Crippen LogP contribution in [0, 0.1) is 5.92 Å². The number of fused-ring (bicyclic) bond motifs is 4. The number of benzene rings is 3. The first-order valence-electron chi connectivity index (χ1n) is 20.8. The molecule has 4 aromatic rings. The first-order valence-corrected chi connectivity index (χ1v) is 21.2. The van der Waals surface area contributed by atoms with E-state index in [0.717, 1.165) is 63.9 Å². The maximum absolute atomic E-state index is 13.8.